The largest absolute Gasteiger partial charge is 0.466 e. The summed E-state index contributed by atoms with van der Waals surface area (Å²) in [5, 5.41) is 0. The van der Waals surface area contributed by atoms with E-state index < -0.39 is 0 Å². The summed E-state index contributed by atoms with van der Waals surface area (Å²) in [6.07, 6.45) is 80.2. The standard InChI is InChI=1S/2C34H68O2/c1-3-5-7-9-11-13-15-17-18-19-21-23-25-27-29-31-33-36-34(35)32-30-28-26-24-22-20-16-14-12-10-8-6-4-2;1-3-5-7-9-11-13-15-17-19-20-22-24-26-28-30-32-34(35)36-33-31-29-27-25-23-21-18-16-14-12-10-8-6-4-2/h2*3-33H2,1-2H3. The van der Waals surface area contributed by atoms with Crippen LogP contribution in [0, 0.1) is 0 Å². The molecule has 0 fully saturated rings. The predicted molar refractivity (Wildman–Crippen MR) is 322 cm³/mol. The lowest BCUT2D eigenvalue weighted by atomic mass is 10.0. The summed E-state index contributed by atoms with van der Waals surface area (Å²) in [6, 6.07) is 0. The topological polar surface area (TPSA) is 52.6 Å². The van der Waals surface area contributed by atoms with Gasteiger partial charge in [0.2, 0.25) is 0 Å². The Bertz CT molecular complexity index is 928. The van der Waals surface area contributed by atoms with Gasteiger partial charge in [-0.3, -0.25) is 9.59 Å². The van der Waals surface area contributed by atoms with Crippen molar-refractivity contribution in [2.24, 2.45) is 0 Å². The predicted octanol–water partition coefficient (Wildman–Crippen LogP) is 24.5. The molecule has 0 amide bonds. The average molecular weight is 1020 g/mol. The van der Waals surface area contributed by atoms with E-state index in [0.717, 1.165) is 25.7 Å². The van der Waals surface area contributed by atoms with E-state index >= 15 is 0 Å². The highest BCUT2D eigenvalue weighted by molar-refractivity contribution is 5.69. The molecule has 0 heterocycles. The van der Waals surface area contributed by atoms with Crippen LogP contribution in [0.1, 0.15) is 413 Å². The highest BCUT2D eigenvalue weighted by Crippen LogP contribution is 2.18. The molecule has 0 spiro atoms. The fourth-order valence-corrected chi connectivity index (χ4v) is 10.4. The zero-order valence-electron chi connectivity index (χ0n) is 50.5. The van der Waals surface area contributed by atoms with Gasteiger partial charge in [-0.05, 0) is 25.7 Å². The summed E-state index contributed by atoms with van der Waals surface area (Å²) in [5.74, 6) is 0.0541. The van der Waals surface area contributed by atoms with Gasteiger partial charge in [0.15, 0.2) is 0 Å². The van der Waals surface area contributed by atoms with Crippen molar-refractivity contribution in [3.63, 3.8) is 0 Å². The summed E-state index contributed by atoms with van der Waals surface area (Å²) in [5.41, 5.74) is 0. The van der Waals surface area contributed by atoms with Crippen LogP contribution >= 0.6 is 0 Å². The maximum absolute atomic E-state index is 11.9. The van der Waals surface area contributed by atoms with Crippen LogP contribution in [-0.4, -0.2) is 25.2 Å². The maximum atomic E-state index is 11.9. The van der Waals surface area contributed by atoms with Crippen molar-refractivity contribution in [1.82, 2.24) is 0 Å². The molecule has 0 unspecified atom stereocenters. The molecule has 0 aliphatic rings. The van der Waals surface area contributed by atoms with E-state index in [2.05, 4.69) is 27.7 Å². The Hall–Kier alpha value is -1.06. The first kappa shape index (κ1) is 73.0. The maximum Gasteiger partial charge on any atom is 0.305 e. The van der Waals surface area contributed by atoms with Crippen molar-refractivity contribution in [2.75, 3.05) is 13.2 Å². The minimum Gasteiger partial charge on any atom is -0.466 e. The van der Waals surface area contributed by atoms with Gasteiger partial charge >= 0.3 is 11.9 Å². The summed E-state index contributed by atoms with van der Waals surface area (Å²) < 4.78 is 10.9. The van der Waals surface area contributed by atoms with Crippen molar-refractivity contribution < 1.29 is 19.1 Å². The first-order valence-corrected chi connectivity index (χ1v) is 33.9. The molecule has 0 aromatic heterocycles. The molecule has 0 aliphatic heterocycles. The van der Waals surface area contributed by atoms with Gasteiger partial charge in [-0.2, -0.15) is 0 Å². The van der Waals surface area contributed by atoms with E-state index in [1.165, 1.54) is 347 Å². The Morgan fingerprint density at radius 2 is 0.306 bits per heavy atom. The van der Waals surface area contributed by atoms with E-state index in [4.69, 9.17) is 9.47 Å². The number of ether oxygens (including phenoxy) is 2. The van der Waals surface area contributed by atoms with Crippen molar-refractivity contribution in [2.45, 2.75) is 413 Å². The Labute approximate surface area is 455 Å². The van der Waals surface area contributed by atoms with E-state index in [1.807, 2.05) is 0 Å². The van der Waals surface area contributed by atoms with Crippen molar-refractivity contribution >= 4 is 11.9 Å². The first-order chi connectivity index (χ1) is 35.6. The zero-order chi connectivity index (χ0) is 52.4. The Morgan fingerprint density at radius 3 is 0.458 bits per heavy atom. The number of rotatable bonds is 62. The van der Waals surface area contributed by atoms with Gasteiger partial charge in [-0.25, -0.2) is 0 Å². The quantitative estimate of drug-likeness (QED) is 0.0450. The van der Waals surface area contributed by atoms with E-state index in [-0.39, 0.29) is 11.9 Å². The third-order valence-electron chi connectivity index (χ3n) is 15.5. The van der Waals surface area contributed by atoms with Crippen molar-refractivity contribution in [3.8, 4) is 0 Å². The Kier molecular flexibility index (Phi) is 70.9. The van der Waals surface area contributed by atoms with Crippen LogP contribution in [0.5, 0.6) is 0 Å². The summed E-state index contributed by atoms with van der Waals surface area (Å²) in [4.78, 5) is 23.8. The Balaban J connectivity index is 0. The second-order valence-electron chi connectivity index (χ2n) is 23.0. The lowest BCUT2D eigenvalue weighted by Gasteiger charge is -2.06. The molecule has 432 valence electrons. The van der Waals surface area contributed by atoms with Crippen molar-refractivity contribution in [3.05, 3.63) is 0 Å². The second-order valence-corrected chi connectivity index (χ2v) is 23.0. The molecule has 0 aliphatic carbocycles. The first-order valence-electron chi connectivity index (χ1n) is 33.9. The minimum absolute atomic E-state index is 0.0269. The molecule has 0 N–H and O–H groups in total. The van der Waals surface area contributed by atoms with E-state index in [9.17, 15) is 9.59 Å². The summed E-state index contributed by atoms with van der Waals surface area (Å²) in [7, 11) is 0. The van der Waals surface area contributed by atoms with Crippen LogP contribution in [-0.2, 0) is 19.1 Å². The fraction of sp³-hybridized carbons (Fsp3) is 0.971. The lowest BCUT2D eigenvalue weighted by Crippen LogP contribution is -2.05. The van der Waals surface area contributed by atoms with Crippen LogP contribution in [0.4, 0.5) is 0 Å². The molecule has 0 saturated heterocycles. The normalized spacial score (nSPS) is 11.3. The van der Waals surface area contributed by atoms with Gasteiger partial charge in [-0.1, -0.05) is 374 Å². The Morgan fingerprint density at radius 1 is 0.181 bits per heavy atom. The zero-order valence-corrected chi connectivity index (χ0v) is 50.5. The number of hydrogen-bond acceptors (Lipinski definition) is 4. The molecular formula is C68H136O4. The molecule has 4 nitrogen and oxygen atoms in total. The smallest absolute Gasteiger partial charge is 0.305 e. The number of esters is 2. The van der Waals surface area contributed by atoms with Gasteiger partial charge in [0.1, 0.15) is 0 Å². The molecule has 0 bridgehead atoms. The van der Waals surface area contributed by atoms with Gasteiger partial charge in [0.25, 0.3) is 0 Å². The number of carbonyl (C=O) groups excluding carboxylic acids is 2. The molecule has 4 heteroatoms. The summed E-state index contributed by atoms with van der Waals surface area (Å²) in [6.45, 7) is 10.4. The van der Waals surface area contributed by atoms with Crippen molar-refractivity contribution in [1.29, 1.82) is 0 Å². The third kappa shape index (κ3) is 71.0. The third-order valence-corrected chi connectivity index (χ3v) is 15.5. The summed E-state index contributed by atoms with van der Waals surface area (Å²) >= 11 is 0. The van der Waals surface area contributed by atoms with Gasteiger partial charge in [0, 0.05) is 12.8 Å². The van der Waals surface area contributed by atoms with Crippen LogP contribution in [0.2, 0.25) is 0 Å². The highest BCUT2D eigenvalue weighted by atomic mass is 16.5. The number of carbonyl (C=O) groups is 2. The van der Waals surface area contributed by atoms with Crippen LogP contribution in [0.15, 0.2) is 0 Å². The van der Waals surface area contributed by atoms with Crippen LogP contribution in [0.3, 0.4) is 0 Å². The fourth-order valence-electron chi connectivity index (χ4n) is 10.4. The molecule has 0 aromatic carbocycles. The van der Waals surface area contributed by atoms with E-state index in [0.29, 0.717) is 26.1 Å². The van der Waals surface area contributed by atoms with E-state index in [1.54, 1.807) is 0 Å². The number of unbranched alkanes of at least 4 members (excludes halogenated alkanes) is 54. The molecule has 0 atom stereocenters. The molecule has 0 radical (unpaired) electrons. The van der Waals surface area contributed by atoms with Crippen LogP contribution in [0.25, 0.3) is 0 Å². The molecular weight excluding hydrogens is 881 g/mol. The minimum atomic E-state index is 0.0269. The van der Waals surface area contributed by atoms with Crippen LogP contribution < -0.4 is 0 Å². The molecule has 0 aromatic rings. The van der Waals surface area contributed by atoms with Gasteiger partial charge < -0.3 is 9.47 Å². The van der Waals surface area contributed by atoms with Gasteiger partial charge in [0.05, 0.1) is 13.2 Å². The molecule has 72 heavy (non-hydrogen) atoms. The van der Waals surface area contributed by atoms with Gasteiger partial charge in [-0.15, -0.1) is 0 Å². The highest BCUT2D eigenvalue weighted by Gasteiger charge is 2.05. The molecule has 0 rings (SSSR count). The monoisotopic (exact) mass is 1020 g/mol. The lowest BCUT2D eigenvalue weighted by molar-refractivity contribution is -0.144. The second kappa shape index (κ2) is 69.9. The molecule has 0 saturated carbocycles. The average Bonchev–Trinajstić information content (AvgIpc) is 3.38. The SMILES string of the molecule is CCCCCCCCCCCCCCCCCC(=O)OCCCCCCCCCCCCCCCC.CCCCCCCCCCCCCCCCCCOC(=O)CCCCCCCCCCCCCCC. The number of hydrogen-bond donors (Lipinski definition) is 0.